The van der Waals surface area contributed by atoms with E-state index in [1.807, 2.05) is 26.8 Å². The van der Waals surface area contributed by atoms with Crippen LogP contribution in [0.15, 0.2) is 18.2 Å². The largest absolute Gasteiger partial charge is 0.299 e. The lowest BCUT2D eigenvalue weighted by molar-refractivity contribution is -0.125. The van der Waals surface area contributed by atoms with E-state index in [1.165, 1.54) is 6.07 Å². The number of carbonyl (C=O) groups excluding carboxylic acids is 2. The molecular formula is C15H20FNO2. The summed E-state index contributed by atoms with van der Waals surface area (Å²) in [6.45, 7) is 5.98. The van der Waals surface area contributed by atoms with Crippen molar-refractivity contribution in [1.82, 2.24) is 5.32 Å². The molecular weight excluding hydrogens is 245 g/mol. The highest BCUT2D eigenvalue weighted by molar-refractivity contribution is 5.85. The average Bonchev–Trinajstić information content (AvgIpc) is 2.35. The summed E-state index contributed by atoms with van der Waals surface area (Å²) >= 11 is 0. The monoisotopic (exact) mass is 265 g/mol. The van der Waals surface area contributed by atoms with E-state index in [2.05, 4.69) is 5.32 Å². The zero-order valence-electron chi connectivity index (χ0n) is 11.6. The standard InChI is InChI=1S/C15H20FNO2/c1-10(2)12-6-13(8-14(16)7-12)11(3)4-5-15(19)17-9-18/h6-11H,4-5H2,1-3H3,(H,17,18,19). The van der Waals surface area contributed by atoms with Crippen LogP contribution in [0.25, 0.3) is 0 Å². The molecule has 0 saturated heterocycles. The molecule has 0 saturated carbocycles. The Morgan fingerprint density at radius 1 is 1.26 bits per heavy atom. The molecule has 1 aromatic carbocycles. The first-order chi connectivity index (χ1) is 8.93. The van der Waals surface area contributed by atoms with Crippen LogP contribution in [0.4, 0.5) is 4.39 Å². The van der Waals surface area contributed by atoms with Gasteiger partial charge in [0.05, 0.1) is 0 Å². The molecule has 0 radical (unpaired) electrons. The molecule has 1 rings (SSSR count). The first-order valence-electron chi connectivity index (χ1n) is 6.47. The van der Waals surface area contributed by atoms with Gasteiger partial charge in [0.2, 0.25) is 12.3 Å². The van der Waals surface area contributed by atoms with Crippen molar-refractivity contribution in [3.8, 4) is 0 Å². The summed E-state index contributed by atoms with van der Waals surface area (Å²) in [4.78, 5) is 21.3. The Balaban J connectivity index is 2.73. The second-order valence-corrected chi connectivity index (χ2v) is 5.10. The van der Waals surface area contributed by atoms with Crippen LogP contribution in [0.1, 0.15) is 56.6 Å². The van der Waals surface area contributed by atoms with E-state index in [0.717, 1.165) is 11.1 Å². The van der Waals surface area contributed by atoms with Gasteiger partial charge in [0.25, 0.3) is 0 Å². The maximum absolute atomic E-state index is 13.5. The molecule has 0 aliphatic heterocycles. The number of imide groups is 1. The fourth-order valence-corrected chi connectivity index (χ4v) is 1.91. The Bertz CT molecular complexity index is 457. The van der Waals surface area contributed by atoms with Crippen LogP contribution in [0, 0.1) is 5.82 Å². The zero-order valence-corrected chi connectivity index (χ0v) is 11.6. The van der Waals surface area contributed by atoms with Gasteiger partial charge in [0, 0.05) is 6.42 Å². The molecule has 1 atom stereocenters. The summed E-state index contributed by atoms with van der Waals surface area (Å²) in [6.07, 6.45) is 1.22. The lowest BCUT2D eigenvalue weighted by Gasteiger charge is -2.14. The first-order valence-corrected chi connectivity index (χ1v) is 6.47. The van der Waals surface area contributed by atoms with Crippen molar-refractivity contribution in [1.29, 1.82) is 0 Å². The van der Waals surface area contributed by atoms with Gasteiger partial charge in [-0.3, -0.25) is 14.9 Å². The van der Waals surface area contributed by atoms with Crippen LogP contribution in [0.3, 0.4) is 0 Å². The quantitative estimate of drug-likeness (QED) is 0.803. The van der Waals surface area contributed by atoms with Gasteiger partial charge in [-0.1, -0.05) is 26.8 Å². The van der Waals surface area contributed by atoms with Crippen molar-refractivity contribution < 1.29 is 14.0 Å². The lowest BCUT2D eigenvalue weighted by atomic mass is 9.92. The number of nitrogens with one attached hydrogen (secondary N) is 1. The summed E-state index contributed by atoms with van der Waals surface area (Å²) in [6, 6.07) is 5.03. The van der Waals surface area contributed by atoms with Crippen LogP contribution < -0.4 is 5.32 Å². The Hall–Kier alpha value is -1.71. The molecule has 1 aromatic rings. The van der Waals surface area contributed by atoms with Crippen molar-refractivity contribution in [2.45, 2.75) is 45.4 Å². The van der Waals surface area contributed by atoms with Crippen molar-refractivity contribution in [2.75, 3.05) is 0 Å². The molecule has 2 amide bonds. The summed E-state index contributed by atoms with van der Waals surface area (Å²) in [5.41, 5.74) is 1.85. The third kappa shape index (κ3) is 4.81. The van der Waals surface area contributed by atoms with Gasteiger partial charge >= 0.3 is 0 Å². The number of amides is 2. The van der Waals surface area contributed by atoms with Crippen LogP contribution in [0.2, 0.25) is 0 Å². The summed E-state index contributed by atoms with van der Waals surface area (Å²) < 4.78 is 13.5. The smallest absolute Gasteiger partial charge is 0.226 e. The van der Waals surface area contributed by atoms with E-state index in [4.69, 9.17) is 0 Å². The average molecular weight is 265 g/mol. The molecule has 0 aliphatic carbocycles. The highest BCUT2D eigenvalue weighted by atomic mass is 19.1. The van der Waals surface area contributed by atoms with Crippen molar-refractivity contribution in [2.24, 2.45) is 0 Å². The molecule has 0 bridgehead atoms. The van der Waals surface area contributed by atoms with Crippen LogP contribution in [-0.2, 0) is 9.59 Å². The normalized spacial score (nSPS) is 12.3. The van der Waals surface area contributed by atoms with E-state index in [1.54, 1.807) is 6.07 Å². The molecule has 0 heterocycles. The van der Waals surface area contributed by atoms with Crippen LogP contribution in [0.5, 0.6) is 0 Å². The number of benzene rings is 1. The number of halogens is 1. The minimum Gasteiger partial charge on any atom is -0.299 e. The highest BCUT2D eigenvalue weighted by Crippen LogP contribution is 2.25. The van der Waals surface area contributed by atoms with Crippen molar-refractivity contribution in [3.05, 3.63) is 35.1 Å². The SMILES string of the molecule is CC(C)c1cc(F)cc(C(C)CCC(=O)NC=O)c1. The Morgan fingerprint density at radius 3 is 2.47 bits per heavy atom. The van der Waals surface area contributed by atoms with Crippen LogP contribution >= 0.6 is 0 Å². The molecule has 0 spiro atoms. The number of hydrogen-bond acceptors (Lipinski definition) is 2. The third-order valence-electron chi connectivity index (χ3n) is 3.20. The summed E-state index contributed by atoms with van der Waals surface area (Å²) in [5, 5.41) is 2.10. The molecule has 0 aromatic heterocycles. The minimum absolute atomic E-state index is 0.0746. The fraction of sp³-hybridized carbons (Fsp3) is 0.467. The molecule has 1 unspecified atom stereocenters. The van der Waals surface area contributed by atoms with E-state index in [-0.39, 0.29) is 30.0 Å². The van der Waals surface area contributed by atoms with Gasteiger partial charge in [-0.15, -0.1) is 0 Å². The summed E-state index contributed by atoms with van der Waals surface area (Å²) in [7, 11) is 0. The summed E-state index contributed by atoms with van der Waals surface area (Å²) in [5.74, 6) is -0.210. The van der Waals surface area contributed by atoms with E-state index < -0.39 is 0 Å². The molecule has 0 fully saturated rings. The molecule has 104 valence electrons. The second-order valence-electron chi connectivity index (χ2n) is 5.10. The van der Waals surface area contributed by atoms with Gasteiger partial charge in [-0.2, -0.15) is 0 Å². The predicted octanol–water partition coefficient (Wildman–Crippen LogP) is 3.11. The maximum Gasteiger partial charge on any atom is 0.226 e. The molecule has 0 aliphatic rings. The van der Waals surface area contributed by atoms with Gasteiger partial charge in [-0.25, -0.2) is 4.39 Å². The Morgan fingerprint density at radius 2 is 1.89 bits per heavy atom. The first kappa shape index (κ1) is 15.3. The molecule has 3 nitrogen and oxygen atoms in total. The molecule has 4 heteroatoms. The van der Waals surface area contributed by atoms with Gasteiger partial charge in [0.1, 0.15) is 5.82 Å². The zero-order chi connectivity index (χ0) is 14.4. The maximum atomic E-state index is 13.5. The fourth-order valence-electron chi connectivity index (χ4n) is 1.91. The number of carbonyl (C=O) groups is 2. The third-order valence-corrected chi connectivity index (χ3v) is 3.20. The van der Waals surface area contributed by atoms with Gasteiger partial charge in [0.15, 0.2) is 0 Å². The van der Waals surface area contributed by atoms with Gasteiger partial charge in [-0.05, 0) is 41.5 Å². The highest BCUT2D eigenvalue weighted by Gasteiger charge is 2.12. The topological polar surface area (TPSA) is 46.2 Å². The van der Waals surface area contributed by atoms with Crippen LogP contribution in [-0.4, -0.2) is 12.3 Å². The molecule has 19 heavy (non-hydrogen) atoms. The Labute approximate surface area is 113 Å². The number of rotatable bonds is 6. The Kier molecular flexibility index (Phi) is 5.67. The van der Waals surface area contributed by atoms with Crippen molar-refractivity contribution >= 4 is 12.3 Å². The van der Waals surface area contributed by atoms with E-state index in [9.17, 15) is 14.0 Å². The van der Waals surface area contributed by atoms with Gasteiger partial charge < -0.3 is 0 Å². The second kappa shape index (κ2) is 7.02. The molecule has 1 N–H and O–H groups in total. The lowest BCUT2D eigenvalue weighted by Crippen LogP contribution is -2.21. The number of hydrogen-bond donors (Lipinski definition) is 1. The van der Waals surface area contributed by atoms with Crippen molar-refractivity contribution in [3.63, 3.8) is 0 Å². The van der Waals surface area contributed by atoms with E-state index >= 15 is 0 Å². The minimum atomic E-state index is -0.303. The van der Waals surface area contributed by atoms with E-state index in [0.29, 0.717) is 12.8 Å². The predicted molar refractivity (Wildman–Crippen MR) is 72.3 cm³/mol.